The van der Waals surface area contributed by atoms with Crippen molar-refractivity contribution in [2.24, 2.45) is 5.73 Å². The average Bonchev–Trinajstić information content (AvgIpc) is 2.98. The quantitative estimate of drug-likeness (QED) is 0.598. The van der Waals surface area contributed by atoms with E-state index in [1.165, 1.54) is 0 Å². The zero-order valence-corrected chi connectivity index (χ0v) is 15.3. The first-order valence-corrected chi connectivity index (χ1v) is 9.08. The number of nitrogens with zero attached hydrogens (tertiary/aromatic N) is 3. The molecule has 0 bridgehead atoms. The summed E-state index contributed by atoms with van der Waals surface area (Å²) in [7, 11) is 0. The number of fused-ring (bicyclic) bond motifs is 1. The maximum Gasteiger partial charge on any atom is 0.262 e. The van der Waals surface area contributed by atoms with Crippen molar-refractivity contribution in [1.82, 2.24) is 20.2 Å². The van der Waals surface area contributed by atoms with Crippen molar-refractivity contribution in [2.75, 3.05) is 5.32 Å². The first kappa shape index (κ1) is 18.7. The Bertz CT molecular complexity index is 1020. The zero-order chi connectivity index (χ0) is 20.5. The van der Waals surface area contributed by atoms with E-state index < -0.39 is 29.7 Å². The van der Waals surface area contributed by atoms with Crippen molar-refractivity contribution in [1.29, 1.82) is 0 Å². The molecular weight excluding hydrogens is 376 g/mol. The lowest BCUT2D eigenvalue weighted by molar-refractivity contribution is -0.136. The van der Waals surface area contributed by atoms with Gasteiger partial charge in [-0.3, -0.25) is 29.4 Å². The van der Waals surface area contributed by atoms with E-state index in [4.69, 9.17) is 5.73 Å². The molecule has 148 valence electrons. The molecule has 1 atom stereocenters. The van der Waals surface area contributed by atoms with Gasteiger partial charge < -0.3 is 11.1 Å². The number of piperidine rings is 1. The molecule has 1 unspecified atom stereocenters. The molecule has 0 saturated carbocycles. The Morgan fingerprint density at radius 2 is 1.90 bits per heavy atom. The normalized spacial score (nSPS) is 18.7. The summed E-state index contributed by atoms with van der Waals surface area (Å²) in [5.74, 6) is -1.59. The number of hydrogen-bond acceptors (Lipinski definition) is 8. The summed E-state index contributed by atoms with van der Waals surface area (Å²) in [5, 5.41) is 5.30. The lowest BCUT2D eigenvalue weighted by Gasteiger charge is -2.27. The van der Waals surface area contributed by atoms with Crippen LogP contribution in [0.15, 0.2) is 30.6 Å². The smallest absolute Gasteiger partial charge is 0.262 e. The number of imide groups is 2. The third-order valence-electron chi connectivity index (χ3n) is 4.93. The molecule has 3 heterocycles. The summed E-state index contributed by atoms with van der Waals surface area (Å²) in [4.78, 5) is 58.5. The number of carbonyl (C=O) groups excluding carboxylic acids is 4. The molecule has 2 aliphatic heterocycles. The lowest BCUT2D eigenvalue weighted by atomic mass is 10.0. The molecular formula is C19H18N6O4. The van der Waals surface area contributed by atoms with Crippen LogP contribution < -0.4 is 16.4 Å². The second kappa shape index (κ2) is 7.40. The van der Waals surface area contributed by atoms with Gasteiger partial charge in [0.15, 0.2) is 0 Å². The number of amides is 4. The van der Waals surface area contributed by atoms with Crippen molar-refractivity contribution >= 4 is 29.3 Å². The largest absolute Gasteiger partial charge is 0.378 e. The van der Waals surface area contributed by atoms with E-state index in [9.17, 15) is 19.2 Å². The van der Waals surface area contributed by atoms with Crippen LogP contribution in [-0.4, -0.2) is 44.5 Å². The predicted octanol–water partition coefficient (Wildman–Crippen LogP) is -0.0514. The van der Waals surface area contributed by atoms with Gasteiger partial charge in [0.1, 0.15) is 11.9 Å². The summed E-state index contributed by atoms with van der Waals surface area (Å²) in [6.45, 7) is 0.496. The van der Waals surface area contributed by atoms with Gasteiger partial charge in [-0.25, -0.2) is 9.97 Å². The molecule has 4 N–H and O–H groups in total. The van der Waals surface area contributed by atoms with E-state index in [0.717, 1.165) is 4.90 Å². The van der Waals surface area contributed by atoms with Gasteiger partial charge in [-0.1, -0.05) is 12.1 Å². The van der Waals surface area contributed by atoms with Crippen LogP contribution in [0.4, 0.5) is 5.69 Å². The molecule has 0 radical (unpaired) electrons. The predicted molar refractivity (Wildman–Crippen MR) is 100 cm³/mol. The van der Waals surface area contributed by atoms with Crippen LogP contribution in [0.3, 0.4) is 0 Å². The van der Waals surface area contributed by atoms with Gasteiger partial charge in [-0.2, -0.15) is 0 Å². The number of carbonyl (C=O) groups is 4. The monoisotopic (exact) mass is 394 g/mol. The van der Waals surface area contributed by atoms with E-state index in [1.54, 1.807) is 30.6 Å². The molecule has 1 fully saturated rings. The number of hydrogen-bond donors (Lipinski definition) is 3. The molecule has 1 saturated heterocycles. The van der Waals surface area contributed by atoms with Gasteiger partial charge >= 0.3 is 0 Å². The number of benzene rings is 1. The van der Waals surface area contributed by atoms with E-state index >= 15 is 0 Å². The van der Waals surface area contributed by atoms with Crippen LogP contribution >= 0.6 is 0 Å². The number of anilines is 1. The van der Waals surface area contributed by atoms with Gasteiger partial charge in [-0.15, -0.1) is 0 Å². The van der Waals surface area contributed by atoms with Crippen LogP contribution in [0.2, 0.25) is 0 Å². The maximum atomic E-state index is 13.0. The highest BCUT2D eigenvalue weighted by Gasteiger charge is 2.45. The number of aromatic nitrogens is 2. The molecule has 0 spiro atoms. The van der Waals surface area contributed by atoms with Crippen molar-refractivity contribution in [3.63, 3.8) is 0 Å². The number of nitrogens with one attached hydrogen (secondary N) is 2. The second-order valence-corrected chi connectivity index (χ2v) is 6.73. The molecule has 4 amide bonds. The molecule has 1 aromatic heterocycles. The first-order valence-electron chi connectivity index (χ1n) is 9.08. The van der Waals surface area contributed by atoms with Gasteiger partial charge in [0, 0.05) is 13.0 Å². The molecule has 10 nitrogen and oxygen atoms in total. The van der Waals surface area contributed by atoms with Crippen molar-refractivity contribution in [2.45, 2.75) is 32.0 Å². The Kier molecular flexibility index (Phi) is 4.77. The van der Waals surface area contributed by atoms with Crippen molar-refractivity contribution in [3.05, 3.63) is 53.1 Å². The van der Waals surface area contributed by atoms with Gasteiger partial charge in [-0.05, 0) is 18.1 Å². The fourth-order valence-corrected chi connectivity index (χ4v) is 3.48. The van der Waals surface area contributed by atoms with Crippen molar-refractivity contribution in [3.8, 4) is 0 Å². The summed E-state index contributed by atoms with van der Waals surface area (Å²) in [6, 6.07) is 3.99. The Hall–Kier alpha value is -3.66. The summed E-state index contributed by atoms with van der Waals surface area (Å²) in [5.41, 5.74) is 7.23. The first-order chi connectivity index (χ1) is 14.0. The molecule has 2 aliphatic rings. The molecule has 2 aromatic rings. The summed E-state index contributed by atoms with van der Waals surface area (Å²) >= 11 is 0. The number of nitrogens with two attached hydrogens (primary N) is 1. The fraction of sp³-hybridized carbons (Fsp3) is 0.263. The average molecular weight is 394 g/mol. The van der Waals surface area contributed by atoms with E-state index in [0.29, 0.717) is 17.1 Å². The Morgan fingerprint density at radius 3 is 2.59 bits per heavy atom. The molecule has 4 rings (SSSR count). The minimum Gasteiger partial charge on any atom is -0.378 e. The van der Waals surface area contributed by atoms with Crippen LogP contribution in [0.25, 0.3) is 0 Å². The zero-order valence-electron chi connectivity index (χ0n) is 15.3. The summed E-state index contributed by atoms with van der Waals surface area (Å²) in [6.07, 6.45) is 3.37. The second-order valence-electron chi connectivity index (χ2n) is 6.73. The van der Waals surface area contributed by atoms with Crippen LogP contribution in [-0.2, 0) is 22.7 Å². The molecule has 29 heavy (non-hydrogen) atoms. The fourth-order valence-electron chi connectivity index (χ4n) is 3.48. The minimum absolute atomic E-state index is 0.0804. The Balaban J connectivity index is 1.57. The third-order valence-corrected chi connectivity index (χ3v) is 4.93. The van der Waals surface area contributed by atoms with E-state index in [2.05, 4.69) is 20.6 Å². The van der Waals surface area contributed by atoms with Crippen LogP contribution in [0, 0.1) is 0 Å². The molecule has 0 aliphatic carbocycles. The van der Waals surface area contributed by atoms with E-state index in [-0.39, 0.29) is 37.1 Å². The van der Waals surface area contributed by atoms with Gasteiger partial charge in [0.2, 0.25) is 11.8 Å². The van der Waals surface area contributed by atoms with E-state index in [1.807, 2.05) is 0 Å². The van der Waals surface area contributed by atoms with Gasteiger partial charge in [0.05, 0.1) is 35.8 Å². The highest BCUT2D eigenvalue weighted by molar-refractivity contribution is 6.24. The maximum absolute atomic E-state index is 13.0. The van der Waals surface area contributed by atoms with Crippen LogP contribution in [0.5, 0.6) is 0 Å². The third kappa shape index (κ3) is 3.34. The standard InChI is InChI=1S/C19H18N6O4/c20-6-14-22-8-11(9-23-14)21-7-10-2-1-3-12-16(10)19(29)25(18(12)28)13-4-5-15(26)24-17(13)27/h1-3,8-9,13,21H,4-7,20H2,(H,24,26,27). The highest BCUT2D eigenvalue weighted by atomic mass is 16.2. The van der Waals surface area contributed by atoms with Gasteiger partial charge in [0.25, 0.3) is 11.8 Å². The van der Waals surface area contributed by atoms with Crippen molar-refractivity contribution < 1.29 is 19.2 Å². The topological polar surface area (TPSA) is 147 Å². The molecule has 10 heteroatoms. The summed E-state index contributed by atoms with van der Waals surface area (Å²) < 4.78 is 0. The Morgan fingerprint density at radius 1 is 1.14 bits per heavy atom. The lowest BCUT2D eigenvalue weighted by Crippen LogP contribution is -2.54. The Labute approximate surface area is 165 Å². The SMILES string of the molecule is NCc1ncc(NCc2cccc3c2C(=O)N(C2CCC(=O)NC2=O)C3=O)cn1. The van der Waals surface area contributed by atoms with Crippen LogP contribution in [0.1, 0.15) is 44.9 Å². The molecule has 1 aromatic carbocycles. The highest BCUT2D eigenvalue weighted by Crippen LogP contribution is 2.30. The minimum atomic E-state index is -0.988. The number of rotatable bonds is 5.